The van der Waals surface area contributed by atoms with Crippen LogP contribution in [-0.4, -0.2) is 33.1 Å². The number of hydrogen-bond donors (Lipinski definition) is 3. The summed E-state index contributed by atoms with van der Waals surface area (Å²) in [7, 11) is 0. The maximum absolute atomic E-state index is 10.1. The lowest BCUT2D eigenvalue weighted by atomic mass is 9.60. The summed E-state index contributed by atoms with van der Waals surface area (Å²) in [5.74, 6) is 2.11. The Labute approximate surface area is 184 Å². The molecule has 0 aromatic rings. The fraction of sp³-hybridized carbons (Fsp3) is 0.778. The van der Waals surface area contributed by atoms with Crippen molar-refractivity contribution in [2.45, 2.75) is 110 Å². The van der Waals surface area contributed by atoms with E-state index in [0.717, 1.165) is 29.9 Å². The second-order valence-corrected chi connectivity index (χ2v) is 11.3. The zero-order valence-electron chi connectivity index (χ0n) is 19.7. The van der Waals surface area contributed by atoms with Gasteiger partial charge in [0, 0.05) is 6.42 Å². The minimum absolute atomic E-state index is 0.374. The molecule has 3 rings (SSSR count). The molecule has 0 aliphatic heterocycles. The minimum Gasteiger partial charge on any atom is -0.393 e. The van der Waals surface area contributed by atoms with Crippen molar-refractivity contribution in [2.24, 2.45) is 23.2 Å². The summed E-state index contributed by atoms with van der Waals surface area (Å²) < 4.78 is 0. The summed E-state index contributed by atoms with van der Waals surface area (Å²) in [4.78, 5) is 0. The average Bonchev–Trinajstić information content (AvgIpc) is 3.00. The van der Waals surface area contributed by atoms with E-state index in [9.17, 15) is 15.3 Å². The first-order valence-corrected chi connectivity index (χ1v) is 12.2. The fourth-order valence-corrected chi connectivity index (χ4v) is 6.74. The molecule has 0 aromatic carbocycles. The molecule has 6 atom stereocenters. The third kappa shape index (κ3) is 5.29. The summed E-state index contributed by atoms with van der Waals surface area (Å²) >= 11 is 0. The molecule has 3 aliphatic carbocycles. The Morgan fingerprint density at radius 1 is 1.23 bits per heavy atom. The summed E-state index contributed by atoms with van der Waals surface area (Å²) in [5.41, 5.74) is 3.17. The van der Waals surface area contributed by atoms with Gasteiger partial charge in [-0.1, -0.05) is 51.0 Å². The van der Waals surface area contributed by atoms with Crippen molar-refractivity contribution < 1.29 is 15.3 Å². The number of allylic oxidation sites excluding steroid dienone is 3. The lowest BCUT2D eigenvalue weighted by Crippen LogP contribution is -2.36. The van der Waals surface area contributed by atoms with Gasteiger partial charge in [0.1, 0.15) is 0 Å². The average molecular weight is 420 g/mol. The van der Waals surface area contributed by atoms with E-state index in [1.54, 1.807) is 5.57 Å². The van der Waals surface area contributed by atoms with Crippen LogP contribution in [0, 0.1) is 23.2 Å². The first-order chi connectivity index (χ1) is 14.0. The van der Waals surface area contributed by atoms with Gasteiger partial charge < -0.3 is 15.3 Å². The van der Waals surface area contributed by atoms with Gasteiger partial charge in [-0.2, -0.15) is 0 Å². The predicted octanol–water partition coefficient (Wildman–Crippen LogP) is 5.70. The molecule has 3 aliphatic rings. The number of hydrogen-bond acceptors (Lipinski definition) is 3. The van der Waals surface area contributed by atoms with E-state index in [1.165, 1.54) is 38.5 Å². The number of fused-ring (bicyclic) bond motifs is 1. The molecule has 0 spiro atoms. The van der Waals surface area contributed by atoms with E-state index in [2.05, 4.69) is 32.6 Å². The fourth-order valence-electron chi connectivity index (χ4n) is 6.74. The number of rotatable bonds is 6. The van der Waals surface area contributed by atoms with Gasteiger partial charge in [-0.25, -0.2) is 0 Å². The molecule has 30 heavy (non-hydrogen) atoms. The normalized spacial score (nSPS) is 38.8. The van der Waals surface area contributed by atoms with E-state index < -0.39 is 17.8 Å². The lowest BCUT2D eigenvalue weighted by Gasteiger charge is -2.44. The van der Waals surface area contributed by atoms with Crippen molar-refractivity contribution in [1.29, 1.82) is 0 Å². The van der Waals surface area contributed by atoms with E-state index >= 15 is 0 Å². The first kappa shape index (κ1) is 23.8. The van der Waals surface area contributed by atoms with Crippen LogP contribution in [0.3, 0.4) is 0 Å². The van der Waals surface area contributed by atoms with Crippen molar-refractivity contribution >= 4 is 0 Å². The lowest BCUT2D eigenvalue weighted by molar-refractivity contribution is 0.0596. The largest absolute Gasteiger partial charge is 0.393 e. The Balaban J connectivity index is 1.70. The van der Waals surface area contributed by atoms with E-state index in [-0.39, 0.29) is 0 Å². The van der Waals surface area contributed by atoms with E-state index in [1.807, 2.05) is 13.8 Å². The highest BCUT2D eigenvalue weighted by Gasteiger charge is 2.50. The van der Waals surface area contributed by atoms with Crippen LogP contribution in [0.2, 0.25) is 0 Å². The molecule has 3 N–H and O–H groups in total. The summed E-state index contributed by atoms with van der Waals surface area (Å²) in [5, 5.41) is 30.2. The Morgan fingerprint density at radius 3 is 2.67 bits per heavy atom. The second kappa shape index (κ2) is 9.30. The zero-order valence-corrected chi connectivity index (χ0v) is 19.7. The highest BCUT2D eigenvalue weighted by molar-refractivity contribution is 5.38. The van der Waals surface area contributed by atoms with Gasteiger partial charge in [-0.3, -0.25) is 0 Å². The van der Waals surface area contributed by atoms with Crippen molar-refractivity contribution in [2.75, 3.05) is 0 Å². The maximum Gasteiger partial charge on any atom is 0.0811 e. The van der Waals surface area contributed by atoms with Crippen LogP contribution in [0.25, 0.3) is 0 Å². The van der Waals surface area contributed by atoms with Crippen molar-refractivity contribution in [3.63, 3.8) is 0 Å². The monoisotopic (exact) mass is 419 g/mol. The van der Waals surface area contributed by atoms with Gasteiger partial charge in [-0.05, 0) is 93.1 Å². The van der Waals surface area contributed by atoms with Gasteiger partial charge in [0.15, 0.2) is 0 Å². The topological polar surface area (TPSA) is 60.7 Å². The Bertz CT molecular complexity index is 683. The van der Waals surface area contributed by atoms with Crippen molar-refractivity contribution in [3.05, 3.63) is 35.5 Å². The van der Waals surface area contributed by atoms with Gasteiger partial charge in [0.2, 0.25) is 0 Å². The molecule has 0 heterocycles. The van der Waals surface area contributed by atoms with E-state index in [0.29, 0.717) is 30.1 Å². The molecule has 3 nitrogen and oxygen atoms in total. The highest BCUT2D eigenvalue weighted by atomic mass is 16.4. The Kier molecular flexibility index (Phi) is 7.37. The van der Waals surface area contributed by atoms with Gasteiger partial charge >= 0.3 is 0 Å². The predicted molar refractivity (Wildman–Crippen MR) is 124 cm³/mol. The Hall–Kier alpha value is -0.900. The molecular formula is C27H44O3. The van der Waals surface area contributed by atoms with Crippen molar-refractivity contribution in [1.82, 2.24) is 0 Å². The molecule has 0 bridgehead atoms. The quantitative estimate of drug-likeness (QED) is 0.484. The molecule has 0 radical (unpaired) electrons. The SMILES string of the molecule is C=C1/C(=C\C=C2/CCC[C@]3(C)[C@@H]([C@H](C)CCC[13C]([13CH3])([13CH3])O)CC[C@@H]23)C[C@@H](O)C[C@@H]1O. The van der Waals surface area contributed by atoms with Crippen LogP contribution in [-0.2, 0) is 0 Å². The summed E-state index contributed by atoms with van der Waals surface area (Å²) in [6.07, 6.45) is 13.9. The minimum atomic E-state index is -0.615. The van der Waals surface area contributed by atoms with Gasteiger partial charge in [0.25, 0.3) is 0 Å². The third-order valence-electron chi connectivity index (χ3n) is 8.44. The molecule has 0 aromatic heterocycles. The smallest absolute Gasteiger partial charge is 0.0811 e. The van der Waals surface area contributed by atoms with Crippen LogP contribution in [0.5, 0.6) is 0 Å². The molecular weight excluding hydrogens is 375 g/mol. The zero-order chi connectivity index (χ0) is 22.1. The molecule has 3 saturated carbocycles. The standard InChI is InChI=1S/C27H44O3/c1-18(8-6-14-26(3,4)30)23-12-13-24-20(9-7-15-27(23,24)5)10-11-21-16-22(28)17-25(29)19(21)2/h10-11,18,22-25,28-30H,2,6-9,12-17H2,1,3-5H3/b20-10+,21-11-/t18-,22-,23-,24+,25+,27-/m1/s1/i3+1,4+1,26+1. The highest BCUT2D eigenvalue weighted by Crippen LogP contribution is 2.60. The summed E-state index contributed by atoms with van der Waals surface area (Å²) in [6.45, 7) is 12.8. The van der Waals surface area contributed by atoms with Crippen LogP contribution in [0.15, 0.2) is 35.5 Å². The van der Waals surface area contributed by atoms with Crippen LogP contribution in [0.4, 0.5) is 0 Å². The second-order valence-electron chi connectivity index (χ2n) is 11.3. The van der Waals surface area contributed by atoms with Crippen LogP contribution in [0.1, 0.15) is 91.9 Å². The van der Waals surface area contributed by atoms with E-state index in [4.69, 9.17) is 0 Å². The Morgan fingerprint density at radius 2 is 1.97 bits per heavy atom. The molecule has 0 saturated heterocycles. The summed E-state index contributed by atoms with van der Waals surface area (Å²) in [6, 6.07) is 0. The van der Waals surface area contributed by atoms with Gasteiger partial charge in [-0.15, -0.1) is 0 Å². The molecule has 3 heteroatoms. The van der Waals surface area contributed by atoms with Crippen molar-refractivity contribution in [3.8, 4) is 0 Å². The molecule has 0 amide bonds. The maximum atomic E-state index is 10.1. The molecule has 170 valence electrons. The molecule has 3 fully saturated rings. The first-order valence-electron chi connectivity index (χ1n) is 12.2. The third-order valence-corrected chi connectivity index (χ3v) is 8.44. The number of aliphatic hydroxyl groups is 3. The molecule has 0 unspecified atom stereocenters. The van der Waals surface area contributed by atoms with Crippen LogP contribution < -0.4 is 0 Å². The van der Waals surface area contributed by atoms with Crippen LogP contribution >= 0.6 is 0 Å². The number of aliphatic hydroxyl groups excluding tert-OH is 2. The van der Waals surface area contributed by atoms with Gasteiger partial charge in [0.05, 0.1) is 17.8 Å².